The van der Waals surface area contributed by atoms with Crippen molar-refractivity contribution < 1.29 is 0 Å². The van der Waals surface area contributed by atoms with Gasteiger partial charge in [0.25, 0.3) is 0 Å². The highest BCUT2D eigenvalue weighted by Gasteiger charge is 2.07. The van der Waals surface area contributed by atoms with Crippen LogP contribution in [0.4, 0.5) is 11.4 Å². The summed E-state index contributed by atoms with van der Waals surface area (Å²) in [6.45, 7) is 0. The van der Waals surface area contributed by atoms with Crippen molar-refractivity contribution in [3.8, 4) is 0 Å². The van der Waals surface area contributed by atoms with Gasteiger partial charge in [0.1, 0.15) is 0 Å². The van der Waals surface area contributed by atoms with E-state index in [-0.39, 0.29) is 5.92 Å². The van der Waals surface area contributed by atoms with Crippen LogP contribution in [0.2, 0.25) is 0 Å². The smallest absolute Gasteiger partial charge is 0.0457 e. The van der Waals surface area contributed by atoms with E-state index in [0.29, 0.717) is 5.71 Å². The minimum absolute atomic E-state index is 0.121. The molecular formula is C28H24N2. The number of para-hydroxylation sites is 2. The van der Waals surface area contributed by atoms with Crippen LogP contribution in [-0.2, 0) is 0 Å². The zero-order valence-corrected chi connectivity index (χ0v) is 16.7. The zero-order valence-electron chi connectivity index (χ0n) is 16.7. The first-order valence-corrected chi connectivity index (χ1v) is 10.1. The Labute approximate surface area is 178 Å². The fourth-order valence-electron chi connectivity index (χ4n) is 3.34. The van der Waals surface area contributed by atoms with Crippen molar-refractivity contribution in [2.75, 3.05) is 5.32 Å². The van der Waals surface area contributed by atoms with Crippen LogP contribution < -0.4 is 5.32 Å². The summed E-state index contributed by atoms with van der Waals surface area (Å²) in [7, 11) is 0. The molecule has 30 heavy (non-hydrogen) atoms. The Morgan fingerprint density at radius 2 is 1.27 bits per heavy atom. The van der Waals surface area contributed by atoms with Gasteiger partial charge in [0.2, 0.25) is 0 Å². The monoisotopic (exact) mass is 388 g/mol. The van der Waals surface area contributed by atoms with Gasteiger partial charge < -0.3 is 10.7 Å². The summed E-state index contributed by atoms with van der Waals surface area (Å²) in [5, 5.41) is 11.2. The molecule has 0 radical (unpaired) electrons. The van der Waals surface area contributed by atoms with E-state index in [1.165, 1.54) is 28.1 Å². The van der Waals surface area contributed by atoms with Crippen LogP contribution in [0.25, 0.3) is 18.2 Å². The minimum Gasteiger partial charge on any atom is -0.355 e. The van der Waals surface area contributed by atoms with Crippen LogP contribution in [0.3, 0.4) is 0 Å². The van der Waals surface area contributed by atoms with Crippen LogP contribution >= 0.6 is 0 Å². The van der Waals surface area contributed by atoms with Crippen molar-refractivity contribution in [2.24, 2.45) is 5.92 Å². The molecule has 1 aliphatic heterocycles. The van der Waals surface area contributed by atoms with Gasteiger partial charge in [0.05, 0.1) is 0 Å². The molecule has 2 heteroatoms. The van der Waals surface area contributed by atoms with Crippen molar-refractivity contribution in [3.05, 3.63) is 126 Å². The summed E-state index contributed by atoms with van der Waals surface area (Å²) in [4.78, 5) is 0. The molecule has 0 saturated heterocycles. The van der Waals surface area contributed by atoms with Crippen molar-refractivity contribution in [1.29, 1.82) is 5.41 Å². The van der Waals surface area contributed by atoms with Gasteiger partial charge in [0.15, 0.2) is 0 Å². The average molecular weight is 389 g/mol. The predicted octanol–water partition coefficient (Wildman–Crippen LogP) is 7.38. The van der Waals surface area contributed by atoms with Crippen molar-refractivity contribution in [3.63, 3.8) is 0 Å². The molecule has 1 aliphatic carbocycles. The lowest BCUT2D eigenvalue weighted by Crippen LogP contribution is -2.07. The van der Waals surface area contributed by atoms with Crippen molar-refractivity contribution in [1.82, 2.24) is 0 Å². The second kappa shape index (κ2) is 9.53. The van der Waals surface area contributed by atoms with Gasteiger partial charge in [-0.2, -0.15) is 0 Å². The van der Waals surface area contributed by atoms with Crippen LogP contribution in [0.1, 0.15) is 16.7 Å². The van der Waals surface area contributed by atoms with Crippen LogP contribution in [-0.4, -0.2) is 5.71 Å². The molecule has 0 amide bonds. The van der Waals surface area contributed by atoms with E-state index in [9.17, 15) is 0 Å². The Bertz CT molecular complexity index is 1090. The second-order valence-electron chi connectivity index (χ2n) is 7.13. The molecular weight excluding hydrogens is 364 g/mol. The summed E-state index contributed by atoms with van der Waals surface area (Å²) in [5.74, 6) is 0.121. The molecule has 0 spiro atoms. The summed E-state index contributed by atoms with van der Waals surface area (Å²) >= 11 is 0. The first-order chi connectivity index (χ1) is 14.8. The Morgan fingerprint density at radius 3 is 1.90 bits per heavy atom. The SMILES string of the molecule is C1=Cc2ccccc2Nc2ccccc21.N=C1C=CC=CC1C=Cc1ccccc1. The number of hydrogen-bond acceptors (Lipinski definition) is 2. The van der Waals surface area contributed by atoms with Gasteiger partial charge in [-0.25, -0.2) is 0 Å². The molecule has 0 saturated carbocycles. The quantitative estimate of drug-likeness (QED) is 0.369. The molecule has 0 aromatic heterocycles. The van der Waals surface area contributed by atoms with E-state index < -0.39 is 0 Å². The molecule has 2 aliphatic rings. The first kappa shape index (κ1) is 19.4. The van der Waals surface area contributed by atoms with Gasteiger partial charge in [0, 0.05) is 23.0 Å². The van der Waals surface area contributed by atoms with E-state index >= 15 is 0 Å². The maximum Gasteiger partial charge on any atom is 0.0457 e. The topological polar surface area (TPSA) is 35.9 Å². The number of allylic oxidation sites excluding steroid dienone is 5. The Hall–Kier alpha value is -3.91. The average Bonchev–Trinajstić information content (AvgIpc) is 2.99. The molecule has 2 N–H and O–H groups in total. The molecule has 5 rings (SSSR count). The summed E-state index contributed by atoms with van der Waals surface area (Å²) in [6, 6.07) is 26.8. The number of benzene rings is 3. The van der Waals surface area contributed by atoms with E-state index in [1.54, 1.807) is 0 Å². The molecule has 3 aromatic carbocycles. The summed E-state index contributed by atoms with van der Waals surface area (Å²) < 4.78 is 0. The molecule has 1 unspecified atom stereocenters. The third-order valence-electron chi connectivity index (χ3n) is 4.99. The van der Waals surface area contributed by atoms with Gasteiger partial charge in [-0.3, -0.25) is 0 Å². The second-order valence-corrected chi connectivity index (χ2v) is 7.13. The molecule has 0 fully saturated rings. The minimum atomic E-state index is 0.121. The van der Waals surface area contributed by atoms with Crippen molar-refractivity contribution in [2.45, 2.75) is 0 Å². The molecule has 3 aromatic rings. The fourth-order valence-corrected chi connectivity index (χ4v) is 3.34. The van der Waals surface area contributed by atoms with Crippen LogP contribution in [0.15, 0.2) is 109 Å². The molecule has 1 heterocycles. The standard InChI is InChI=1S/C14H11N.C14H13N/c1-3-7-13-11(5-1)9-10-12-6-2-4-8-14(12)15-13;15-14-9-5-4-8-13(14)11-10-12-6-2-1-3-7-12/h1-10,15H;1-11,13,15H. The highest BCUT2D eigenvalue weighted by atomic mass is 14.9. The maximum atomic E-state index is 7.72. The normalized spacial score (nSPS) is 16.1. The lowest BCUT2D eigenvalue weighted by atomic mass is 9.97. The number of fused-ring (bicyclic) bond motifs is 2. The van der Waals surface area contributed by atoms with Gasteiger partial charge in [-0.05, 0) is 34.9 Å². The number of hydrogen-bond donors (Lipinski definition) is 2. The number of anilines is 2. The third-order valence-corrected chi connectivity index (χ3v) is 4.99. The predicted molar refractivity (Wildman–Crippen MR) is 130 cm³/mol. The van der Waals surface area contributed by atoms with E-state index in [4.69, 9.17) is 5.41 Å². The molecule has 1 atom stereocenters. The van der Waals surface area contributed by atoms with Crippen LogP contribution in [0, 0.1) is 11.3 Å². The number of rotatable bonds is 2. The highest BCUT2D eigenvalue weighted by Crippen LogP contribution is 2.29. The van der Waals surface area contributed by atoms with E-state index in [2.05, 4.69) is 78.2 Å². The van der Waals surface area contributed by atoms with Crippen LogP contribution in [0.5, 0.6) is 0 Å². The Morgan fingerprint density at radius 1 is 0.667 bits per heavy atom. The van der Waals surface area contributed by atoms with Crippen molar-refractivity contribution >= 4 is 35.3 Å². The summed E-state index contributed by atoms with van der Waals surface area (Å²) in [5.41, 5.74) is 6.61. The molecule has 0 bridgehead atoms. The largest absolute Gasteiger partial charge is 0.355 e. The Kier molecular flexibility index (Phi) is 6.16. The summed E-state index contributed by atoms with van der Waals surface area (Å²) in [6.07, 6.45) is 16.2. The highest BCUT2D eigenvalue weighted by molar-refractivity contribution is 5.98. The third kappa shape index (κ3) is 4.92. The zero-order chi connectivity index (χ0) is 20.6. The van der Waals surface area contributed by atoms with Gasteiger partial charge >= 0.3 is 0 Å². The van der Waals surface area contributed by atoms with Gasteiger partial charge in [-0.1, -0.05) is 109 Å². The van der Waals surface area contributed by atoms with Gasteiger partial charge in [-0.15, -0.1) is 0 Å². The lowest BCUT2D eigenvalue weighted by molar-refractivity contribution is 1.12. The first-order valence-electron chi connectivity index (χ1n) is 10.1. The van der Waals surface area contributed by atoms with E-state index in [0.717, 1.165) is 0 Å². The molecule has 146 valence electrons. The maximum absolute atomic E-state index is 7.72. The Balaban J connectivity index is 0.000000145. The lowest BCUT2D eigenvalue weighted by Gasteiger charge is -2.08. The van der Waals surface area contributed by atoms with E-state index in [1.807, 2.05) is 54.6 Å². The fraction of sp³-hybridized carbons (Fsp3) is 0.0357. The molecule has 2 nitrogen and oxygen atoms in total. The number of nitrogens with one attached hydrogen (secondary N) is 2.